The van der Waals surface area contributed by atoms with Gasteiger partial charge in [-0.3, -0.25) is 4.79 Å². The molecule has 1 aromatic heterocycles. The molecule has 0 spiro atoms. The Balaban J connectivity index is 1.54. The van der Waals surface area contributed by atoms with Crippen molar-refractivity contribution in [1.29, 1.82) is 0 Å². The second-order valence-corrected chi connectivity index (χ2v) is 7.23. The van der Waals surface area contributed by atoms with Crippen molar-refractivity contribution in [3.05, 3.63) is 83.6 Å². The average molecular weight is 416 g/mol. The number of nitrogens with two attached hydrogens (primary N) is 1. The Labute approximate surface area is 180 Å². The van der Waals surface area contributed by atoms with Crippen LogP contribution < -0.4 is 10.5 Å². The largest absolute Gasteiger partial charge is 0.487 e. The Morgan fingerprint density at radius 1 is 1.03 bits per heavy atom. The Morgan fingerprint density at radius 3 is 2.71 bits per heavy atom. The highest BCUT2D eigenvalue weighted by atomic mass is 16.5. The van der Waals surface area contributed by atoms with Crippen LogP contribution in [0.1, 0.15) is 23.7 Å². The number of rotatable bonds is 8. The molecule has 31 heavy (non-hydrogen) atoms. The van der Waals surface area contributed by atoms with Crippen LogP contribution in [0.3, 0.4) is 0 Å². The molecule has 0 bridgehead atoms. The van der Waals surface area contributed by atoms with Crippen LogP contribution in [0, 0.1) is 0 Å². The fraction of sp³-hybridized carbons (Fsp3) is 0.200. The highest BCUT2D eigenvalue weighted by molar-refractivity contribution is 5.85. The number of hydrogen-bond acceptors (Lipinski definition) is 6. The number of aromatic nitrogens is 1. The molecule has 0 fully saturated rings. The molecule has 0 aliphatic rings. The quantitative estimate of drug-likeness (QED) is 0.421. The normalized spacial score (nSPS) is 10.9. The Morgan fingerprint density at radius 2 is 1.87 bits per heavy atom. The van der Waals surface area contributed by atoms with E-state index in [4.69, 9.17) is 19.7 Å². The number of hydrogen-bond donors (Lipinski definition) is 1. The number of fused-ring (bicyclic) bond motifs is 1. The topological polar surface area (TPSA) is 87.6 Å². The smallest absolute Gasteiger partial charge is 0.302 e. The summed E-state index contributed by atoms with van der Waals surface area (Å²) in [5, 5.41) is 5.11. The molecule has 2 N–H and O–H groups in total. The second-order valence-electron chi connectivity index (χ2n) is 7.23. The van der Waals surface area contributed by atoms with Gasteiger partial charge in [-0.2, -0.15) is 0 Å². The van der Waals surface area contributed by atoms with Crippen molar-refractivity contribution in [1.82, 2.24) is 5.16 Å². The standard InChI is InChI=1S/C25H24N2O4/c1-17(28)29-12-11-19-6-2-3-8-24(19)30-16-23-22-14-21(9-10-25(22)31-27-23)20-7-4-5-18(13-20)15-26/h2-10,13-14H,11-12,15-16,26H2,1H3. The van der Waals surface area contributed by atoms with Crippen LogP contribution in [-0.2, 0) is 29.1 Å². The van der Waals surface area contributed by atoms with Crippen LogP contribution in [0.2, 0.25) is 0 Å². The lowest BCUT2D eigenvalue weighted by Crippen LogP contribution is -2.05. The van der Waals surface area contributed by atoms with Crippen molar-refractivity contribution in [3.63, 3.8) is 0 Å². The molecule has 0 amide bonds. The van der Waals surface area contributed by atoms with E-state index in [0.717, 1.165) is 39.1 Å². The van der Waals surface area contributed by atoms with Crippen LogP contribution in [0.4, 0.5) is 0 Å². The lowest BCUT2D eigenvalue weighted by Gasteiger charge is -2.10. The number of esters is 1. The predicted octanol–water partition coefficient (Wildman–Crippen LogP) is 4.64. The summed E-state index contributed by atoms with van der Waals surface area (Å²) in [6, 6.07) is 21.9. The molecule has 1 heterocycles. The van der Waals surface area contributed by atoms with Gasteiger partial charge in [0.25, 0.3) is 0 Å². The van der Waals surface area contributed by atoms with Gasteiger partial charge in [-0.25, -0.2) is 0 Å². The zero-order chi connectivity index (χ0) is 21.6. The number of para-hydroxylation sites is 1. The van der Waals surface area contributed by atoms with Crippen LogP contribution in [0.15, 0.2) is 71.3 Å². The van der Waals surface area contributed by atoms with Gasteiger partial charge in [-0.15, -0.1) is 0 Å². The van der Waals surface area contributed by atoms with E-state index >= 15 is 0 Å². The van der Waals surface area contributed by atoms with E-state index in [1.165, 1.54) is 6.92 Å². The van der Waals surface area contributed by atoms with Gasteiger partial charge in [-0.05, 0) is 46.5 Å². The van der Waals surface area contributed by atoms with Crippen molar-refractivity contribution < 1.29 is 18.8 Å². The fourth-order valence-corrected chi connectivity index (χ4v) is 3.45. The van der Waals surface area contributed by atoms with E-state index in [1.807, 2.05) is 48.5 Å². The highest BCUT2D eigenvalue weighted by Crippen LogP contribution is 2.28. The van der Waals surface area contributed by atoms with E-state index < -0.39 is 0 Å². The van der Waals surface area contributed by atoms with Crippen LogP contribution in [-0.4, -0.2) is 17.7 Å². The van der Waals surface area contributed by atoms with E-state index in [9.17, 15) is 4.79 Å². The van der Waals surface area contributed by atoms with E-state index in [0.29, 0.717) is 25.2 Å². The number of carbonyl (C=O) groups is 1. The van der Waals surface area contributed by atoms with Gasteiger partial charge in [0.2, 0.25) is 0 Å². The zero-order valence-corrected chi connectivity index (χ0v) is 17.3. The summed E-state index contributed by atoms with van der Waals surface area (Å²) in [6.45, 7) is 2.48. The number of ether oxygens (including phenoxy) is 2. The summed E-state index contributed by atoms with van der Waals surface area (Å²) < 4.78 is 16.6. The molecule has 0 aliphatic carbocycles. The van der Waals surface area contributed by atoms with Gasteiger partial charge in [0.1, 0.15) is 18.1 Å². The van der Waals surface area contributed by atoms with Crippen molar-refractivity contribution in [2.75, 3.05) is 6.61 Å². The summed E-state index contributed by atoms with van der Waals surface area (Å²) in [7, 11) is 0. The predicted molar refractivity (Wildman–Crippen MR) is 118 cm³/mol. The van der Waals surface area contributed by atoms with Gasteiger partial charge < -0.3 is 19.7 Å². The highest BCUT2D eigenvalue weighted by Gasteiger charge is 2.12. The third-order valence-corrected chi connectivity index (χ3v) is 5.05. The number of carbonyl (C=O) groups excluding carboxylic acids is 1. The molecule has 4 rings (SSSR count). The lowest BCUT2D eigenvalue weighted by atomic mass is 10.0. The molecule has 0 unspecified atom stereocenters. The maximum absolute atomic E-state index is 11.0. The molecule has 6 heteroatoms. The maximum Gasteiger partial charge on any atom is 0.302 e. The van der Waals surface area contributed by atoms with E-state index in [-0.39, 0.29) is 12.6 Å². The third kappa shape index (κ3) is 4.92. The Hall–Kier alpha value is -3.64. The molecule has 0 saturated carbocycles. The minimum Gasteiger partial charge on any atom is -0.487 e. The summed E-state index contributed by atoms with van der Waals surface area (Å²) in [5.74, 6) is 0.442. The lowest BCUT2D eigenvalue weighted by molar-refractivity contribution is -0.140. The van der Waals surface area contributed by atoms with Crippen molar-refractivity contribution in [3.8, 4) is 16.9 Å². The molecule has 158 valence electrons. The van der Waals surface area contributed by atoms with Crippen LogP contribution in [0.25, 0.3) is 22.1 Å². The number of benzene rings is 3. The average Bonchev–Trinajstić information content (AvgIpc) is 3.20. The molecule has 0 atom stereocenters. The maximum atomic E-state index is 11.0. The van der Waals surface area contributed by atoms with Crippen molar-refractivity contribution in [2.24, 2.45) is 5.73 Å². The zero-order valence-electron chi connectivity index (χ0n) is 17.3. The molecule has 0 radical (unpaired) electrons. The van der Waals surface area contributed by atoms with E-state index in [1.54, 1.807) is 0 Å². The third-order valence-electron chi connectivity index (χ3n) is 5.05. The minimum absolute atomic E-state index is 0.268. The van der Waals surface area contributed by atoms with Gasteiger partial charge in [0.05, 0.1) is 6.61 Å². The van der Waals surface area contributed by atoms with Crippen LogP contribution in [0.5, 0.6) is 5.75 Å². The molecule has 4 aromatic rings. The first kappa shape index (κ1) is 20.6. The summed E-state index contributed by atoms with van der Waals surface area (Å²) >= 11 is 0. The molecule has 0 saturated heterocycles. The minimum atomic E-state index is -0.291. The van der Waals surface area contributed by atoms with Crippen molar-refractivity contribution in [2.45, 2.75) is 26.5 Å². The Kier molecular flexibility index (Phi) is 6.29. The van der Waals surface area contributed by atoms with Gasteiger partial charge in [-0.1, -0.05) is 47.6 Å². The molecule has 0 aliphatic heterocycles. The first-order valence-electron chi connectivity index (χ1n) is 10.2. The summed E-state index contributed by atoms with van der Waals surface area (Å²) in [4.78, 5) is 11.0. The van der Waals surface area contributed by atoms with E-state index in [2.05, 4.69) is 23.4 Å². The molecule has 6 nitrogen and oxygen atoms in total. The van der Waals surface area contributed by atoms with Gasteiger partial charge >= 0.3 is 5.97 Å². The van der Waals surface area contributed by atoms with Gasteiger partial charge in [0, 0.05) is 25.3 Å². The number of nitrogens with zero attached hydrogens (tertiary/aromatic N) is 1. The van der Waals surface area contributed by atoms with Gasteiger partial charge in [0.15, 0.2) is 5.58 Å². The first-order valence-corrected chi connectivity index (χ1v) is 10.2. The fourth-order valence-electron chi connectivity index (χ4n) is 3.45. The summed E-state index contributed by atoms with van der Waals surface area (Å²) in [6.07, 6.45) is 0.580. The molecule has 3 aromatic carbocycles. The Bertz CT molecular complexity index is 1200. The summed E-state index contributed by atoms with van der Waals surface area (Å²) in [5.41, 5.74) is 11.4. The molecular formula is C25H24N2O4. The first-order chi connectivity index (χ1) is 15.1. The monoisotopic (exact) mass is 416 g/mol. The van der Waals surface area contributed by atoms with Crippen molar-refractivity contribution >= 4 is 16.9 Å². The molecular weight excluding hydrogens is 392 g/mol. The second kappa shape index (κ2) is 9.45. The van der Waals surface area contributed by atoms with Crippen LogP contribution >= 0.6 is 0 Å². The SMILES string of the molecule is CC(=O)OCCc1ccccc1OCc1noc2ccc(-c3cccc(CN)c3)cc12.